The second kappa shape index (κ2) is 5.21. The summed E-state index contributed by atoms with van der Waals surface area (Å²) in [7, 11) is 0. The molecule has 1 rings (SSSR count). The molecule has 0 saturated heterocycles. The van der Waals surface area contributed by atoms with Crippen LogP contribution in [0.2, 0.25) is 0 Å². The van der Waals surface area contributed by atoms with Crippen molar-refractivity contribution in [2.45, 2.75) is 12.6 Å². The van der Waals surface area contributed by atoms with E-state index in [0.717, 1.165) is 8.95 Å². The Balaban J connectivity index is 2.51. The molecule has 1 aromatic carbocycles. The molecule has 0 bridgehead atoms. The molecule has 0 aliphatic rings. The molecule has 0 atom stereocenters. The van der Waals surface area contributed by atoms with Crippen molar-refractivity contribution >= 4 is 37.5 Å². The van der Waals surface area contributed by atoms with E-state index in [1.54, 1.807) is 18.2 Å². The molecule has 0 saturated carbocycles. The number of hydrogen-bond donors (Lipinski definition) is 1. The van der Waals surface area contributed by atoms with E-state index in [2.05, 4.69) is 37.2 Å². The zero-order chi connectivity index (χ0) is 11.5. The van der Waals surface area contributed by atoms with Gasteiger partial charge in [-0.2, -0.15) is 13.2 Å². The molecule has 0 amide bonds. The maximum Gasteiger partial charge on any atom is 0.390 e. The monoisotopic (exact) mass is 345 g/mol. The van der Waals surface area contributed by atoms with Gasteiger partial charge in [-0.15, -0.1) is 0 Å². The minimum absolute atomic E-state index is 0.121. The number of anilines is 1. The van der Waals surface area contributed by atoms with Gasteiger partial charge in [0.25, 0.3) is 0 Å². The van der Waals surface area contributed by atoms with Crippen LogP contribution in [0.3, 0.4) is 0 Å². The molecule has 0 aromatic heterocycles. The maximum absolute atomic E-state index is 11.9. The molecule has 15 heavy (non-hydrogen) atoms. The molecule has 84 valence electrons. The van der Waals surface area contributed by atoms with Crippen molar-refractivity contribution in [3.8, 4) is 0 Å². The molecule has 6 heteroatoms. The summed E-state index contributed by atoms with van der Waals surface area (Å²) in [5.74, 6) is 0. The minimum Gasteiger partial charge on any atom is -0.384 e. The van der Waals surface area contributed by atoms with E-state index in [1.165, 1.54) is 0 Å². The third kappa shape index (κ3) is 4.88. The lowest BCUT2D eigenvalue weighted by Gasteiger charge is -2.10. The van der Waals surface area contributed by atoms with Gasteiger partial charge in [0, 0.05) is 21.2 Å². The first-order valence-corrected chi connectivity index (χ1v) is 5.73. The van der Waals surface area contributed by atoms with Crippen LogP contribution >= 0.6 is 31.9 Å². The quantitative estimate of drug-likeness (QED) is 0.844. The van der Waals surface area contributed by atoms with Crippen molar-refractivity contribution in [2.24, 2.45) is 0 Å². The van der Waals surface area contributed by atoms with Crippen LogP contribution in [0, 0.1) is 0 Å². The lowest BCUT2D eigenvalue weighted by molar-refractivity contribution is -0.131. The second-order valence-corrected chi connectivity index (χ2v) is 4.69. The lowest BCUT2D eigenvalue weighted by atomic mass is 10.3. The number of benzene rings is 1. The van der Waals surface area contributed by atoms with Gasteiger partial charge in [-0.25, -0.2) is 0 Å². The van der Waals surface area contributed by atoms with E-state index in [1.807, 2.05) is 0 Å². The smallest absolute Gasteiger partial charge is 0.384 e. The van der Waals surface area contributed by atoms with Gasteiger partial charge in [-0.1, -0.05) is 15.9 Å². The third-order valence-electron chi connectivity index (χ3n) is 1.66. The van der Waals surface area contributed by atoms with Gasteiger partial charge >= 0.3 is 6.18 Å². The molecule has 1 N–H and O–H groups in total. The molecule has 0 fully saturated rings. The summed E-state index contributed by atoms with van der Waals surface area (Å²) in [5.41, 5.74) is 0.655. The van der Waals surface area contributed by atoms with Crippen LogP contribution in [-0.4, -0.2) is 12.7 Å². The van der Waals surface area contributed by atoms with E-state index in [-0.39, 0.29) is 6.54 Å². The van der Waals surface area contributed by atoms with Crippen molar-refractivity contribution in [1.29, 1.82) is 0 Å². The molecule has 0 heterocycles. The Kier molecular flexibility index (Phi) is 4.45. The van der Waals surface area contributed by atoms with Crippen LogP contribution in [0.1, 0.15) is 6.42 Å². The molecule has 0 aliphatic carbocycles. The van der Waals surface area contributed by atoms with Crippen LogP contribution in [0.4, 0.5) is 18.9 Å². The van der Waals surface area contributed by atoms with E-state index in [4.69, 9.17) is 0 Å². The Hall–Kier alpha value is -0.230. The van der Waals surface area contributed by atoms with Crippen LogP contribution in [0.15, 0.2) is 27.1 Å². The fraction of sp³-hybridized carbons (Fsp3) is 0.333. The molecule has 1 nitrogen and oxygen atoms in total. The Bertz CT molecular complexity index is 339. The number of halogens is 5. The second-order valence-electron chi connectivity index (χ2n) is 2.92. The standard InChI is InChI=1S/C9H8Br2F3N/c10-6-1-2-8(7(11)5-6)15-4-3-9(12,13)14/h1-2,5,15H,3-4H2. The Morgan fingerprint density at radius 1 is 1.20 bits per heavy atom. The SMILES string of the molecule is FC(F)(F)CCNc1ccc(Br)cc1Br. The predicted molar refractivity (Wildman–Crippen MR) is 61.0 cm³/mol. The normalized spacial score (nSPS) is 11.5. The van der Waals surface area contributed by atoms with Crippen molar-refractivity contribution in [3.05, 3.63) is 27.1 Å². The number of nitrogens with one attached hydrogen (secondary N) is 1. The highest BCUT2D eigenvalue weighted by molar-refractivity contribution is 9.11. The van der Waals surface area contributed by atoms with E-state index >= 15 is 0 Å². The largest absolute Gasteiger partial charge is 0.390 e. The third-order valence-corrected chi connectivity index (χ3v) is 2.80. The van der Waals surface area contributed by atoms with Crippen molar-refractivity contribution in [3.63, 3.8) is 0 Å². The molecule has 0 spiro atoms. The summed E-state index contributed by atoms with van der Waals surface area (Å²) in [4.78, 5) is 0. The fourth-order valence-electron chi connectivity index (χ4n) is 0.972. The Morgan fingerprint density at radius 2 is 1.87 bits per heavy atom. The maximum atomic E-state index is 11.9. The van der Waals surface area contributed by atoms with Gasteiger partial charge in [0.2, 0.25) is 0 Å². The Labute approximate surface area is 102 Å². The van der Waals surface area contributed by atoms with E-state index in [0.29, 0.717) is 5.69 Å². The molecule has 0 aliphatic heterocycles. The zero-order valence-electron chi connectivity index (χ0n) is 7.54. The Morgan fingerprint density at radius 3 is 2.40 bits per heavy atom. The van der Waals surface area contributed by atoms with Gasteiger partial charge in [0.15, 0.2) is 0 Å². The van der Waals surface area contributed by atoms with Crippen molar-refractivity contribution in [2.75, 3.05) is 11.9 Å². The van der Waals surface area contributed by atoms with Gasteiger partial charge < -0.3 is 5.32 Å². The first-order chi connectivity index (χ1) is 6.88. The van der Waals surface area contributed by atoms with Crippen LogP contribution in [-0.2, 0) is 0 Å². The van der Waals surface area contributed by atoms with Crippen molar-refractivity contribution in [1.82, 2.24) is 0 Å². The predicted octanol–water partition coefficient (Wildman–Crippen LogP) is 4.58. The molecule has 0 radical (unpaired) electrons. The molecular weight excluding hydrogens is 339 g/mol. The zero-order valence-corrected chi connectivity index (χ0v) is 10.7. The van der Waals surface area contributed by atoms with Gasteiger partial charge in [0.05, 0.1) is 6.42 Å². The summed E-state index contributed by atoms with van der Waals surface area (Å²) in [6, 6.07) is 5.25. The fourth-order valence-corrected chi connectivity index (χ4v) is 2.16. The topological polar surface area (TPSA) is 12.0 Å². The summed E-state index contributed by atoms with van der Waals surface area (Å²) >= 11 is 6.51. The number of rotatable bonds is 3. The number of alkyl halides is 3. The summed E-state index contributed by atoms with van der Waals surface area (Å²) in [5, 5.41) is 2.71. The van der Waals surface area contributed by atoms with Crippen LogP contribution in [0.25, 0.3) is 0 Å². The van der Waals surface area contributed by atoms with Gasteiger partial charge in [-0.3, -0.25) is 0 Å². The van der Waals surface area contributed by atoms with Crippen molar-refractivity contribution < 1.29 is 13.2 Å². The van der Waals surface area contributed by atoms with Gasteiger partial charge in [-0.05, 0) is 34.1 Å². The first kappa shape index (κ1) is 12.8. The highest BCUT2D eigenvalue weighted by Gasteiger charge is 2.26. The highest BCUT2D eigenvalue weighted by Crippen LogP contribution is 2.27. The van der Waals surface area contributed by atoms with Crippen LogP contribution in [0.5, 0.6) is 0 Å². The van der Waals surface area contributed by atoms with E-state index in [9.17, 15) is 13.2 Å². The molecule has 1 aromatic rings. The molecule has 0 unspecified atom stereocenters. The number of hydrogen-bond acceptors (Lipinski definition) is 1. The minimum atomic E-state index is -4.12. The average molecular weight is 347 g/mol. The summed E-state index contributed by atoms with van der Waals surface area (Å²) in [6.07, 6.45) is -4.95. The van der Waals surface area contributed by atoms with E-state index < -0.39 is 12.6 Å². The highest BCUT2D eigenvalue weighted by atomic mass is 79.9. The summed E-state index contributed by atoms with van der Waals surface area (Å²) in [6.45, 7) is -0.121. The van der Waals surface area contributed by atoms with Crippen LogP contribution < -0.4 is 5.32 Å². The first-order valence-electron chi connectivity index (χ1n) is 4.14. The molecular formula is C9H8Br2F3N. The lowest BCUT2D eigenvalue weighted by Crippen LogP contribution is -2.14. The average Bonchev–Trinajstić information content (AvgIpc) is 2.07. The summed E-state index contributed by atoms with van der Waals surface area (Å²) < 4.78 is 37.2. The van der Waals surface area contributed by atoms with Gasteiger partial charge in [0.1, 0.15) is 0 Å².